The highest BCUT2D eigenvalue weighted by atomic mass is 16.5. The van der Waals surface area contributed by atoms with E-state index in [2.05, 4.69) is 16.0 Å². The van der Waals surface area contributed by atoms with E-state index in [1.54, 1.807) is 18.2 Å². The quantitative estimate of drug-likeness (QED) is 0.434. The molecule has 1 heterocycles. The van der Waals surface area contributed by atoms with Crippen molar-refractivity contribution in [3.63, 3.8) is 0 Å². The Morgan fingerprint density at radius 2 is 1.51 bits per heavy atom. The number of amides is 3. The molecule has 1 fully saturated rings. The molecule has 3 aromatic rings. The van der Waals surface area contributed by atoms with Crippen molar-refractivity contribution in [2.24, 2.45) is 0 Å². The number of rotatable bonds is 8. The summed E-state index contributed by atoms with van der Waals surface area (Å²) in [4.78, 5) is 40.6. The first-order chi connectivity index (χ1) is 17.9. The molecule has 0 aliphatic carbocycles. The topological polar surface area (TPSA) is 99.8 Å². The molecule has 3 aromatic carbocycles. The second-order valence-electron chi connectivity index (χ2n) is 9.22. The van der Waals surface area contributed by atoms with Gasteiger partial charge >= 0.3 is 0 Å². The number of carbonyl (C=O) groups is 3. The van der Waals surface area contributed by atoms with E-state index in [1.807, 2.05) is 73.3 Å². The first kappa shape index (κ1) is 26.1. The van der Waals surface area contributed by atoms with Crippen molar-refractivity contribution in [2.45, 2.75) is 19.9 Å². The van der Waals surface area contributed by atoms with E-state index >= 15 is 0 Å². The number of hydrogen-bond donors (Lipinski definition) is 3. The van der Waals surface area contributed by atoms with Gasteiger partial charge in [-0.2, -0.15) is 0 Å². The molecular weight excluding hydrogens is 468 g/mol. The Bertz CT molecular complexity index is 1240. The van der Waals surface area contributed by atoms with Crippen LogP contribution in [-0.2, 0) is 9.53 Å². The fourth-order valence-electron chi connectivity index (χ4n) is 4.06. The normalized spacial score (nSPS) is 13.7. The fourth-order valence-corrected chi connectivity index (χ4v) is 4.06. The van der Waals surface area contributed by atoms with Crippen LogP contribution in [-0.4, -0.2) is 61.5 Å². The zero-order valence-electron chi connectivity index (χ0n) is 21.1. The van der Waals surface area contributed by atoms with Crippen LogP contribution >= 0.6 is 0 Å². The van der Waals surface area contributed by atoms with E-state index in [9.17, 15) is 14.4 Å². The van der Waals surface area contributed by atoms with E-state index in [0.717, 1.165) is 11.1 Å². The maximum atomic E-state index is 13.0. The van der Waals surface area contributed by atoms with Gasteiger partial charge in [-0.15, -0.1) is 0 Å². The lowest BCUT2D eigenvalue weighted by Gasteiger charge is -2.26. The summed E-state index contributed by atoms with van der Waals surface area (Å²) in [6.07, 6.45) is 0. The first-order valence-corrected chi connectivity index (χ1v) is 12.4. The van der Waals surface area contributed by atoms with Crippen LogP contribution in [0.3, 0.4) is 0 Å². The molecule has 0 bridgehead atoms. The lowest BCUT2D eigenvalue weighted by Crippen LogP contribution is -2.41. The van der Waals surface area contributed by atoms with Crippen LogP contribution in [0.5, 0.6) is 0 Å². The largest absolute Gasteiger partial charge is 0.379 e. The Labute approximate surface area is 217 Å². The molecule has 8 heteroatoms. The standard InChI is InChI=1S/C29H32N4O4/c1-20(2)30-29(36)25-13-10-23(18-26(25)32-27(34)19-33-14-16-37-17-15-33)28(35)31-24-11-8-22(9-12-24)21-6-4-3-5-7-21/h3-13,18,20H,14-17,19H2,1-2H3,(H,30,36)(H,31,35)(H,32,34). The summed E-state index contributed by atoms with van der Waals surface area (Å²) in [5.74, 6) is -0.915. The van der Waals surface area contributed by atoms with E-state index in [-0.39, 0.29) is 30.3 Å². The lowest BCUT2D eigenvalue weighted by molar-refractivity contribution is -0.118. The van der Waals surface area contributed by atoms with E-state index in [1.165, 1.54) is 0 Å². The monoisotopic (exact) mass is 500 g/mol. The number of carbonyl (C=O) groups excluding carboxylic acids is 3. The van der Waals surface area contributed by atoms with Gasteiger partial charge in [0.2, 0.25) is 5.91 Å². The minimum atomic E-state index is -0.341. The predicted octanol–water partition coefficient (Wildman–Crippen LogP) is 4.01. The van der Waals surface area contributed by atoms with Crippen LogP contribution in [0, 0.1) is 0 Å². The Kier molecular flexibility index (Phi) is 8.66. The Hall–Kier alpha value is -4.01. The first-order valence-electron chi connectivity index (χ1n) is 12.4. The number of morpholine rings is 1. The van der Waals surface area contributed by atoms with Gasteiger partial charge in [-0.05, 0) is 55.3 Å². The number of ether oxygens (including phenoxy) is 1. The van der Waals surface area contributed by atoms with Gasteiger partial charge < -0.3 is 20.7 Å². The minimum absolute atomic E-state index is 0.0776. The Balaban J connectivity index is 1.50. The molecule has 3 amide bonds. The highest BCUT2D eigenvalue weighted by molar-refractivity contribution is 6.09. The number of benzene rings is 3. The summed E-state index contributed by atoms with van der Waals surface area (Å²) < 4.78 is 5.34. The zero-order valence-corrected chi connectivity index (χ0v) is 21.1. The van der Waals surface area contributed by atoms with Gasteiger partial charge in [-0.3, -0.25) is 19.3 Å². The van der Waals surface area contributed by atoms with Crippen molar-refractivity contribution in [2.75, 3.05) is 43.5 Å². The third kappa shape index (κ3) is 7.25. The van der Waals surface area contributed by atoms with Crippen LogP contribution in [0.2, 0.25) is 0 Å². The number of nitrogens with one attached hydrogen (secondary N) is 3. The summed E-state index contributed by atoms with van der Waals surface area (Å²) in [5.41, 5.74) is 3.70. The van der Waals surface area contributed by atoms with Gasteiger partial charge in [0, 0.05) is 30.4 Å². The van der Waals surface area contributed by atoms with Gasteiger partial charge in [0.1, 0.15) is 0 Å². The van der Waals surface area contributed by atoms with Crippen LogP contribution in [0.1, 0.15) is 34.6 Å². The number of nitrogens with zero attached hydrogens (tertiary/aromatic N) is 1. The molecule has 192 valence electrons. The van der Waals surface area contributed by atoms with E-state index < -0.39 is 0 Å². The van der Waals surface area contributed by atoms with E-state index in [4.69, 9.17) is 4.74 Å². The second-order valence-corrected chi connectivity index (χ2v) is 9.22. The van der Waals surface area contributed by atoms with Gasteiger partial charge in [0.15, 0.2) is 0 Å². The summed E-state index contributed by atoms with van der Waals surface area (Å²) >= 11 is 0. The van der Waals surface area contributed by atoms with Crippen molar-refractivity contribution in [1.82, 2.24) is 10.2 Å². The Morgan fingerprint density at radius 3 is 2.19 bits per heavy atom. The van der Waals surface area contributed by atoms with Crippen molar-refractivity contribution in [3.8, 4) is 11.1 Å². The molecular formula is C29H32N4O4. The molecule has 1 aliphatic heterocycles. The molecule has 0 aromatic heterocycles. The Morgan fingerprint density at radius 1 is 0.838 bits per heavy atom. The van der Waals surface area contributed by atoms with Crippen molar-refractivity contribution in [1.29, 1.82) is 0 Å². The molecule has 37 heavy (non-hydrogen) atoms. The van der Waals surface area contributed by atoms with Crippen LogP contribution in [0.4, 0.5) is 11.4 Å². The zero-order chi connectivity index (χ0) is 26.2. The van der Waals surface area contributed by atoms with Crippen LogP contribution in [0.25, 0.3) is 11.1 Å². The molecule has 1 aliphatic rings. The third-order valence-corrected chi connectivity index (χ3v) is 5.94. The summed E-state index contributed by atoms with van der Waals surface area (Å²) in [5, 5.41) is 8.57. The predicted molar refractivity (Wildman–Crippen MR) is 145 cm³/mol. The summed E-state index contributed by atoms with van der Waals surface area (Å²) in [6.45, 7) is 6.39. The fraction of sp³-hybridized carbons (Fsp3) is 0.276. The molecule has 0 atom stereocenters. The smallest absolute Gasteiger partial charge is 0.255 e. The summed E-state index contributed by atoms with van der Waals surface area (Å²) in [7, 11) is 0. The highest BCUT2D eigenvalue weighted by Gasteiger charge is 2.19. The van der Waals surface area contributed by atoms with Crippen LogP contribution < -0.4 is 16.0 Å². The average molecular weight is 501 g/mol. The molecule has 0 radical (unpaired) electrons. The third-order valence-electron chi connectivity index (χ3n) is 5.94. The molecule has 1 saturated heterocycles. The van der Waals surface area contributed by atoms with Crippen molar-refractivity contribution >= 4 is 29.1 Å². The second kappa shape index (κ2) is 12.3. The average Bonchev–Trinajstić information content (AvgIpc) is 2.89. The lowest BCUT2D eigenvalue weighted by atomic mass is 10.1. The molecule has 4 rings (SSSR count). The SMILES string of the molecule is CC(C)NC(=O)c1ccc(C(=O)Nc2ccc(-c3ccccc3)cc2)cc1NC(=O)CN1CCOCC1. The van der Waals surface area contributed by atoms with Gasteiger partial charge in [-0.1, -0.05) is 42.5 Å². The summed E-state index contributed by atoms with van der Waals surface area (Å²) in [6, 6.07) is 22.2. The maximum Gasteiger partial charge on any atom is 0.255 e. The van der Waals surface area contributed by atoms with Crippen molar-refractivity contribution in [3.05, 3.63) is 83.9 Å². The highest BCUT2D eigenvalue weighted by Crippen LogP contribution is 2.23. The van der Waals surface area contributed by atoms with Crippen LogP contribution in [0.15, 0.2) is 72.8 Å². The van der Waals surface area contributed by atoms with Gasteiger partial charge in [0.05, 0.1) is 31.0 Å². The molecule has 0 saturated carbocycles. The molecule has 3 N–H and O–H groups in total. The maximum absolute atomic E-state index is 13.0. The molecule has 0 spiro atoms. The van der Waals surface area contributed by atoms with Crippen molar-refractivity contribution < 1.29 is 19.1 Å². The molecule has 8 nitrogen and oxygen atoms in total. The molecule has 0 unspecified atom stereocenters. The van der Waals surface area contributed by atoms with Gasteiger partial charge in [0.25, 0.3) is 11.8 Å². The van der Waals surface area contributed by atoms with Gasteiger partial charge in [-0.25, -0.2) is 0 Å². The number of hydrogen-bond acceptors (Lipinski definition) is 5. The number of anilines is 2. The minimum Gasteiger partial charge on any atom is -0.379 e. The van der Waals surface area contributed by atoms with E-state index in [0.29, 0.717) is 48.8 Å².